The fourth-order valence-corrected chi connectivity index (χ4v) is 4.71. The molecule has 0 unspecified atom stereocenters. The zero-order valence-electron chi connectivity index (χ0n) is 10.5. The van der Waals surface area contributed by atoms with Crippen molar-refractivity contribution in [3.8, 4) is 0 Å². The highest BCUT2D eigenvalue weighted by Gasteiger charge is 2.18. The third-order valence-electron chi connectivity index (χ3n) is 3.18. The molecule has 0 radical (unpaired) electrons. The molecule has 20 heavy (non-hydrogen) atoms. The number of rotatable bonds is 4. The number of thiophene rings is 1. The van der Waals surface area contributed by atoms with Crippen LogP contribution in [0.4, 0.5) is 0 Å². The zero-order chi connectivity index (χ0) is 14.2. The van der Waals surface area contributed by atoms with E-state index < -0.39 is 10.0 Å². The summed E-state index contributed by atoms with van der Waals surface area (Å²) in [7, 11) is -3.46. The van der Waals surface area contributed by atoms with E-state index in [1.165, 1.54) is 16.9 Å². The summed E-state index contributed by atoms with van der Waals surface area (Å²) >= 11 is 4.89. The first-order valence-corrected chi connectivity index (χ1v) is 9.20. The first kappa shape index (κ1) is 14.2. The molecular formula is C13H13BrN2O2S2. The Morgan fingerprint density at radius 2 is 2.00 bits per heavy atom. The number of hydrogen-bond acceptors (Lipinski definition) is 4. The maximum Gasteiger partial charge on any atom is 0.240 e. The molecule has 3 rings (SSSR count). The number of halogens is 1. The summed E-state index contributed by atoms with van der Waals surface area (Å²) in [6.07, 6.45) is 0. The fraction of sp³-hybridized carbons (Fsp3) is 0.231. The molecule has 1 aliphatic heterocycles. The third kappa shape index (κ3) is 2.96. The Labute approximate surface area is 130 Å². The average molecular weight is 373 g/mol. The van der Waals surface area contributed by atoms with Crippen LogP contribution in [-0.4, -0.2) is 8.42 Å². The van der Waals surface area contributed by atoms with Crippen molar-refractivity contribution in [3.05, 3.63) is 50.1 Å². The molecule has 0 aliphatic carbocycles. The van der Waals surface area contributed by atoms with Gasteiger partial charge in [-0.25, -0.2) is 13.1 Å². The second-order valence-corrected chi connectivity index (χ2v) is 8.88. The summed E-state index contributed by atoms with van der Waals surface area (Å²) in [5.41, 5.74) is 2.23. The van der Waals surface area contributed by atoms with Crippen LogP contribution in [0.1, 0.15) is 16.0 Å². The van der Waals surface area contributed by atoms with Crippen molar-refractivity contribution in [2.24, 2.45) is 0 Å². The van der Waals surface area contributed by atoms with Gasteiger partial charge in [0.25, 0.3) is 0 Å². The highest BCUT2D eigenvalue weighted by molar-refractivity contribution is 9.11. The largest absolute Gasteiger partial charge is 0.309 e. The maximum absolute atomic E-state index is 12.3. The van der Waals surface area contributed by atoms with Crippen molar-refractivity contribution in [3.63, 3.8) is 0 Å². The van der Waals surface area contributed by atoms with E-state index in [1.807, 2.05) is 18.2 Å². The predicted octanol–water partition coefficient (Wildman–Crippen LogP) is 2.59. The quantitative estimate of drug-likeness (QED) is 0.866. The predicted molar refractivity (Wildman–Crippen MR) is 83.0 cm³/mol. The van der Waals surface area contributed by atoms with Crippen molar-refractivity contribution in [2.45, 2.75) is 24.5 Å². The monoisotopic (exact) mass is 372 g/mol. The summed E-state index contributed by atoms with van der Waals surface area (Å²) < 4.78 is 28.2. The van der Waals surface area contributed by atoms with Crippen molar-refractivity contribution >= 4 is 37.3 Å². The highest BCUT2D eigenvalue weighted by atomic mass is 79.9. The van der Waals surface area contributed by atoms with Gasteiger partial charge in [0.1, 0.15) is 0 Å². The standard InChI is InChI=1S/C13H13BrN2O2S2/c14-13-4-2-11(19-13)8-16-20(17,18)12-3-1-9-6-15-7-10(9)5-12/h1-5,15-16H,6-8H2. The summed E-state index contributed by atoms with van der Waals surface area (Å²) in [5, 5.41) is 3.21. The molecule has 0 spiro atoms. The van der Waals surface area contributed by atoms with Crippen molar-refractivity contribution in [1.82, 2.24) is 10.0 Å². The van der Waals surface area contributed by atoms with E-state index in [9.17, 15) is 8.42 Å². The molecule has 0 bridgehead atoms. The van der Waals surface area contributed by atoms with E-state index in [-0.39, 0.29) is 0 Å². The Morgan fingerprint density at radius 3 is 2.75 bits per heavy atom. The second kappa shape index (κ2) is 5.57. The lowest BCUT2D eigenvalue weighted by molar-refractivity contribution is 0.581. The molecule has 0 saturated heterocycles. The van der Waals surface area contributed by atoms with E-state index in [0.29, 0.717) is 11.4 Å². The zero-order valence-corrected chi connectivity index (χ0v) is 13.7. The lowest BCUT2D eigenvalue weighted by Gasteiger charge is -2.07. The van der Waals surface area contributed by atoms with Crippen LogP contribution < -0.4 is 10.0 Å². The molecule has 1 aromatic carbocycles. The molecule has 106 valence electrons. The van der Waals surface area contributed by atoms with Gasteiger partial charge in [0.2, 0.25) is 10.0 Å². The minimum absolute atomic E-state index is 0.313. The topological polar surface area (TPSA) is 58.2 Å². The summed E-state index contributed by atoms with van der Waals surface area (Å²) in [6, 6.07) is 9.12. The van der Waals surface area contributed by atoms with Crippen LogP contribution in [0.25, 0.3) is 0 Å². The highest BCUT2D eigenvalue weighted by Crippen LogP contribution is 2.23. The molecule has 2 aromatic rings. The van der Waals surface area contributed by atoms with Gasteiger partial charge in [0, 0.05) is 24.5 Å². The van der Waals surface area contributed by atoms with Crippen LogP contribution in [-0.2, 0) is 29.7 Å². The van der Waals surface area contributed by atoms with Crippen LogP contribution in [0, 0.1) is 0 Å². The van der Waals surface area contributed by atoms with Crippen LogP contribution in [0.15, 0.2) is 39.0 Å². The van der Waals surface area contributed by atoms with Gasteiger partial charge in [-0.15, -0.1) is 11.3 Å². The summed E-state index contributed by atoms with van der Waals surface area (Å²) in [4.78, 5) is 1.30. The van der Waals surface area contributed by atoms with Gasteiger partial charge in [0.15, 0.2) is 0 Å². The SMILES string of the molecule is O=S(=O)(NCc1ccc(Br)s1)c1ccc2c(c1)CNC2. The van der Waals surface area contributed by atoms with Gasteiger partial charge in [-0.1, -0.05) is 6.07 Å². The lowest BCUT2D eigenvalue weighted by atomic mass is 10.1. The molecule has 1 aliphatic rings. The number of nitrogens with one attached hydrogen (secondary N) is 2. The van der Waals surface area contributed by atoms with Crippen molar-refractivity contribution in [1.29, 1.82) is 0 Å². The van der Waals surface area contributed by atoms with Crippen LogP contribution in [0.2, 0.25) is 0 Å². The van der Waals surface area contributed by atoms with Crippen LogP contribution >= 0.6 is 27.3 Å². The average Bonchev–Trinajstić information content (AvgIpc) is 3.04. The number of fused-ring (bicyclic) bond motifs is 1. The molecule has 1 aromatic heterocycles. The Hall–Kier alpha value is -0.730. The van der Waals surface area contributed by atoms with E-state index in [1.54, 1.807) is 12.1 Å². The van der Waals surface area contributed by atoms with Gasteiger partial charge in [-0.3, -0.25) is 0 Å². The molecular weight excluding hydrogens is 360 g/mol. The van der Waals surface area contributed by atoms with E-state index in [2.05, 4.69) is 26.0 Å². The van der Waals surface area contributed by atoms with Gasteiger partial charge >= 0.3 is 0 Å². The van der Waals surface area contributed by atoms with E-state index >= 15 is 0 Å². The van der Waals surface area contributed by atoms with Gasteiger partial charge in [-0.2, -0.15) is 0 Å². The normalized spacial score (nSPS) is 14.4. The number of hydrogen-bond donors (Lipinski definition) is 2. The molecule has 7 heteroatoms. The Kier molecular flexibility index (Phi) is 3.96. The van der Waals surface area contributed by atoms with Gasteiger partial charge in [-0.05, 0) is 51.3 Å². The first-order chi connectivity index (χ1) is 9.54. The van der Waals surface area contributed by atoms with Crippen molar-refractivity contribution in [2.75, 3.05) is 0 Å². The maximum atomic E-state index is 12.3. The van der Waals surface area contributed by atoms with Crippen LogP contribution in [0.3, 0.4) is 0 Å². The van der Waals surface area contributed by atoms with E-state index in [0.717, 1.165) is 27.3 Å². The third-order valence-corrected chi connectivity index (χ3v) is 6.21. The van der Waals surface area contributed by atoms with E-state index in [4.69, 9.17) is 0 Å². The van der Waals surface area contributed by atoms with Gasteiger partial charge < -0.3 is 5.32 Å². The number of benzene rings is 1. The Balaban J connectivity index is 1.78. The summed E-state index contributed by atoms with van der Waals surface area (Å²) in [5.74, 6) is 0. The van der Waals surface area contributed by atoms with Crippen molar-refractivity contribution < 1.29 is 8.42 Å². The molecule has 4 nitrogen and oxygen atoms in total. The molecule has 2 N–H and O–H groups in total. The Bertz CT molecular complexity index is 741. The second-order valence-electron chi connectivity index (χ2n) is 4.56. The lowest BCUT2D eigenvalue weighted by Crippen LogP contribution is -2.22. The Morgan fingerprint density at radius 1 is 1.20 bits per heavy atom. The minimum Gasteiger partial charge on any atom is -0.309 e. The molecule has 0 fully saturated rings. The van der Waals surface area contributed by atoms with Gasteiger partial charge in [0.05, 0.1) is 8.68 Å². The molecule has 2 heterocycles. The smallest absolute Gasteiger partial charge is 0.240 e. The molecule has 0 atom stereocenters. The molecule has 0 amide bonds. The fourth-order valence-electron chi connectivity index (χ4n) is 2.13. The number of sulfonamides is 1. The molecule has 0 saturated carbocycles. The van der Waals surface area contributed by atoms with Crippen LogP contribution in [0.5, 0.6) is 0 Å². The first-order valence-electron chi connectivity index (χ1n) is 6.11. The summed E-state index contributed by atoms with van der Waals surface area (Å²) in [6.45, 7) is 1.86. The minimum atomic E-state index is -3.46.